The molecule has 104 valence electrons. The number of nitro benzene ring substituents is 1. The standard InChI is InChI=1S/C13H17ClN2O3/c1-9-6-10(16(18)19)7-11(14)12(9)15-8-13(2-3-13)4-5-17/h6-7,15,17H,2-5,8H2,1H3. The first-order valence-corrected chi connectivity index (χ1v) is 6.64. The zero-order valence-electron chi connectivity index (χ0n) is 10.8. The van der Waals surface area contributed by atoms with Crippen LogP contribution in [0.25, 0.3) is 0 Å². The lowest BCUT2D eigenvalue weighted by Gasteiger charge is -2.17. The Morgan fingerprint density at radius 3 is 2.68 bits per heavy atom. The molecule has 19 heavy (non-hydrogen) atoms. The van der Waals surface area contributed by atoms with Crippen LogP contribution in [0.2, 0.25) is 5.02 Å². The Morgan fingerprint density at radius 1 is 1.53 bits per heavy atom. The maximum atomic E-state index is 10.7. The van der Waals surface area contributed by atoms with Crippen molar-refractivity contribution in [1.29, 1.82) is 0 Å². The Bertz CT molecular complexity index is 478. The number of rotatable bonds is 6. The van der Waals surface area contributed by atoms with Gasteiger partial charge in [0.2, 0.25) is 0 Å². The van der Waals surface area contributed by atoms with Crippen molar-refractivity contribution in [2.45, 2.75) is 26.2 Å². The first-order valence-electron chi connectivity index (χ1n) is 6.27. The van der Waals surface area contributed by atoms with Gasteiger partial charge in [0.05, 0.1) is 15.6 Å². The molecular formula is C13H17ClN2O3. The summed E-state index contributed by atoms with van der Waals surface area (Å²) in [5, 5.41) is 23.4. The van der Waals surface area contributed by atoms with Gasteiger partial charge in [0.25, 0.3) is 5.69 Å². The van der Waals surface area contributed by atoms with Crippen molar-refractivity contribution in [2.75, 3.05) is 18.5 Å². The van der Waals surface area contributed by atoms with E-state index < -0.39 is 4.92 Å². The number of non-ortho nitro benzene ring substituents is 1. The number of aliphatic hydroxyl groups is 1. The highest BCUT2D eigenvalue weighted by atomic mass is 35.5. The quantitative estimate of drug-likeness (QED) is 0.621. The van der Waals surface area contributed by atoms with Gasteiger partial charge in [-0.3, -0.25) is 10.1 Å². The molecule has 0 saturated heterocycles. The van der Waals surface area contributed by atoms with Crippen molar-refractivity contribution in [3.8, 4) is 0 Å². The fourth-order valence-electron chi connectivity index (χ4n) is 2.26. The Hall–Kier alpha value is -1.33. The first kappa shape index (κ1) is 14.1. The molecule has 6 heteroatoms. The smallest absolute Gasteiger partial charge is 0.271 e. The summed E-state index contributed by atoms with van der Waals surface area (Å²) in [6.45, 7) is 2.73. The molecule has 0 bridgehead atoms. The normalized spacial score (nSPS) is 16.2. The molecule has 0 radical (unpaired) electrons. The molecule has 0 amide bonds. The average molecular weight is 285 g/mol. The summed E-state index contributed by atoms with van der Waals surface area (Å²) in [5.41, 5.74) is 1.69. The van der Waals surface area contributed by atoms with Crippen LogP contribution >= 0.6 is 11.6 Å². The van der Waals surface area contributed by atoms with Crippen LogP contribution in [0.1, 0.15) is 24.8 Å². The highest BCUT2D eigenvalue weighted by Gasteiger charge is 2.41. The van der Waals surface area contributed by atoms with Crippen LogP contribution in [0.3, 0.4) is 0 Å². The number of nitro groups is 1. The molecule has 2 N–H and O–H groups in total. The molecule has 1 aromatic carbocycles. The van der Waals surface area contributed by atoms with Gasteiger partial charge < -0.3 is 10.4 Å². The fraction of sp³-hybridized carbons (Fsp3) is 0.538. The van der Waals surface area contributed by atoms with Gasteiger partial charge in [0, 0.05) is 25.3 Å². The summed E-state index contributed by atoms with van der Waals surface area (Å²) in [5.74, 6) is 0. The highest BCUT2D eigenvalue weighted by molar-refractivity contribution is 6.33. The van der Waals surface area contributed by atoms with E-state index in [1.54, 1.807) is 6.92 Å². The number of halogens is 1. The topological polar surface area (TPSA) is 75.4 Å². The summed E-state index contributed by atoms with van der Waals surface area (Å²) >= 11 is 6.09. The lowest BCUT2D eigenvalue weighted by Crippen LogP contribution is -2.17. The van der Waals surface area contributed by atoms with Crippen molar-refractivity contribution >= 4 is 23.0 Å². The second kappa shape index (κ2) is 5.35. The SMILES string of the molecule is Cc1cc([N+](=O)[O-])cc(Cl)c1NCC1(CCO)CC1. The van der Waals surface area contributed by atoms with E-state index in [1.165, 1.54) is 12.1 Å². The number of aryl methyl sites for hydroxylation is 1. The predicted octanol–water partition coefficient (Wildman–Crippen LogP) is 3.13. The van der Waals surface area contributed by atoms with Crippen LogP contribution in [0.15, 0.2) is 12.1 Å². The summed E-state index contributed by atoms with van der Waals surface area (Å²) < 4.78 is 0. The molecule has 1 aliphatic carbocycles. The number of hydrogen-bond donors (Lipinski definition) is 2. The van der Waals surface area contributed by atoms with Gasteiger partial charge in [-0.25, -0.2) is 0 Å². The van der Waals surface area contributed by atoms with Crippen molar-refractivity contribution in [3.05, 3.63) is 32.8 Å². The van der Waals surface area contributed by atoms with E-state index in [-0.39, 0.29) is 17.7 Å². The van der Waals surface area contributed by atoms with Crippen LogP contribution < -0.4 is 5.32 Å². The van der Waals surface area contributed by atoms with Crippen LogP contribution in [-0.4, -0.2) is 23.2 Å². The third-order valence-electron chi connectivity index (χ3n) is 3.72. The zero-order chi connectivity index (χ0) is 14.0. The number of anilines is 1. The second-order valence-electron chi connectivity index (χ2n) is 5.20. The molecule has 0 heterocycles. The summed E-state index contributed by atoms with van der Waals surface area (Å²) in [7, 11) is 0. The molecule has 1 aliphatic rings. The van der Waals surface area contributed by atoms with Gasteiger partial charge in [-0.2, -0.15) is 0 Å². The minimum absolute atomic E-state index is 0.00421. The van der Waals surface area contributed by atoms with Crippen LogP contribution in [0.5, 0.6) is 0 Å². The second-order valence-corrected chi connectivity index (χ2v) is 5.61. The van der Waals surface area contributed by atoms with Crippen molar-refractivity contribution in [3.63, 3.8) is 0 Å². The molecule has 0 aromatic heterocycles. The van der Waals surface area contributed by atoms with Crippen molar-refractivity contribution in [2.24, 2.45) is 5.41 Å². The number of aliphatic hydroxyl groups excluding tert-OH is 1. The highest BCUT2D eigenvalue weighted by Crippen LogP contribution is 2.49. The van der Waals surface area contributed by atoms with E-state index in [1.807, 2.05) is 0 Å². The monoisotopic (exact) mass is 284 g/mol. The molecule has 5 nitrogen and oxygen atoms in total. The van der Waals surface area contributed by atoms with E-state index in [4.69, 9.17) is 16.7 Å². The summed E-state index contributed by atoms with van der Waals surface area (Å²) in [6.07, 6.45) is 2.98. The fourth-order valence-corrected chi connectivity index (χ4v) is 2.59. The molecule has 0 unspecified atom stereocenters. The number of benzene rings is 1. The number of nitrogens with one attached hydrogen (secondary N) is 1. The maximum absolute atomic E-state index is 10.7. The largest absolute Gasteiger partial charge is 0.396 e. The van der Waals surface area contributed by atoms with Crippen molar-refractivity contribution < 1.29 is 10.0 Å². The number of hydrogen-bond acceptors (Lipinski definition) is 4. The van der Waals surface area contributed by atoms with Crippen LogP contribution in [0, 0.1) is 22.5 Å². The molecular weight excluding hydrogens is 268 g/mol. The Labute approximate surface area is 116 Å². The predicted molar refractivity (Wildman–Crippen MR) is 74.7 cm³/mol. The Morgan fingerprint density at radius 2 is 2.21 bits per heavy atom. The van der Waals surface area contributed by atoms with Gasteiger partial charge in [0.1, 0.15) is 0 Å². The minimum Gasteiger partial charge on any atom is -0.396 e. The first-order chi connectivity index (χ1) is 8.97. The number of nitrogens with zero attached hydrogens (tertiary/aromatic N) is 1. The zero-order valence-corrected chi connectivity index (χ0v) is 11.5. The molecule has 1 saturated carbocycles. The van der Waals surface area contributed by atoms with E-state index >= 15 is 0 Å². The van der Waals surface area contributed by atoms with Gasteiger partial charge in [-0.1, -0.05) is 11.6 Å². The lowest BCUT2D eigenvalue weighted by atomic mass is 10.0. The van der Waals surface area contributed by atoms with E-state index in [2.05, 4.69) is 5.32 Å². The Balaban J connectivity index is 2.11. The van der Waals surface area contributed by atoms with E-state index in [9.17, 15) is 10.1 Å². The van der Waals surface area contributed by atoms with E-state index in [0.29, 0.717) is 5.02 Å². The third kappa shape index (κ3) is 3.16. The van der Waals surface area contributed by atoms with Crippen molar-refractivity contribution in [1.82, 2.24) is 0 Å². The third-order valence-corrected chi connectivity index (χ3v) is 4.02. The molecule has 0 aliphatic heterocycles. The minimum atomic E-state index is -0.448. The molecule has 1 aromatic rings. The van der Waals surface area contributed by atoms with Gasteiger partial charge >= 0.3 is 0 Å². The maximum Gasteiger partial charge on any atom is 0.271 e. The summed E-state index contributed by atoms with van der Waals surface area (Å²) in [6, 6.07) is 2.88. The average Bonchev–Trinajstić information content (AvgIpc) is 3.08. The molecule has 0 atom stereocenters. The van der Waals surface area contributed by atoms with Crippen LogP contribution in [0.4, 0.5) is 11.4 Å². The van der Waals surface area contributed by atoms with Crippen LogP contribution in [-0.2, 0) is 0 Å². The van der Waals surface area contributed by atoms with Gasteiger partial charge in [0.15, 0.2) is 0 Å². The molecule has 2 rings (SSSR count). The Kier molecular flexibility index (Phi) is 3.96. The van der Waals surface area contributed by atoms with Gasteiger partial charge in [-0.05, 0) is 37.2 Å². The molecule has 0 spiro atoms. The van der Waals surface area contributed by atoms with Gasteiger partial charge in [-0.15, -0.1) is 0 Å². The molecule has 1 fully saturated rings. The lowest BCUT2D eigenvalue weighted by molar-refractivity contribution is -0.384. The summed E-state index contributed by atoms with van der Waals surface area (Å²) in [4.78, 5) is 10.3. The van der Waals surface area contributed by atoms with E-state index in [0.717, 1.165) is 37.1 Å².